The monoisotopic (exact) mass is 243 g/mol. The second kappa shape index (κ2) is 5.18. The highest BCUT2D eigenvalue weighted by Crippen LogP contribution is 2.32. The molecule has 0 bridgehead atoms. The number of hydrogen-bond donors (Lipinski definition) is 2. The van der Waals surface area contributed by atoms with Crippen molar-refractivity contribution in [2.75, 3.05) is 7.11 Å². The third-order valence-corrected chi connectivity index (χ3v) is 2.80. The van der Waals surface area contributed by atoms with Crippen LogP contribution in [0.15, 0.2) is 12.1 Å². The molecule has 1 aromatic rings. The van der Waals surface area contributed by atoms with Gasteiger partial charge in [0.15, 0.2) is 0 Å². The molecule has 1 unspecified atom stereocenters. The topological polar surface area (TPSA) is 72.5 Å². The van der Waals surface area contributed by atoms with Crippen molar-refractivity contribution in [1.29, 1.82) is 0 Å². The number of carboxylic acid groups (broad SMARTS) is 1. The molecule has 1 aromatic carbocycles. The predicted molar refractivity (Wildman–Crippen MR) is 62.1 cm³/mol. The fourth-order valence-electron chi connectivity index (χ4n) is 1.40. The minimum Gasteiger partial charge on any atom is -0.495 e. The first-order chi connectivity index (χ1) is 7.47. The Morgan fingerprint density at radius 1 is 1.62 bits per heavy atom. The summed E-state index contributed by atoms with van der Waals surface area (Å²) in [5.41, 5.74) is 7.04. The van der Waals surface area contributed by atoms with Crippen LogP contribution >= 0.6 is 11.6 Å². The summed E-state index contributed by atoms with van der Waals surface area (Å²) < 4.78 is 5.16. The highest BCUT2D eigenvalue weighted by Gasteiger charge is 2.17. The number of carboxylic acids is 1. The second-order valence-electron chi connectivity index (χ2n) is 3.54. The lowest BCUT2D eigenvalue weighted by Crippen LogP contribution is -2.32. The number of carbonyl (C=O) groups is 1. The average Bonchev–Trinajstić information content (AvgIpc) is 2.23. The first kappa shape index (κ1) is 12.8. The number of aliphatic carboxylic acids is 1. The lowest BCUT2D eigenvalue weighted by molar-refractivity contribution is -0.138. The van der Waals surface area contributed by atoms with Gasteiger partial charge >= 0.3 is 5.97 Å². The van der Waals surface area contributed by atoms with Crippen molar-refractivity contribution in [2.24, 2.45) is 5.73 Å². The second-order valence-corrected chi connectivity index (χ2v) is 3.92. The molecule has 0 spiro atoms. The number of halogens is 1. The molecule has 1 rings (SSSR count). The molecule has 0 saturated carbocycles. The molecular formula is C11H14ClNO3. The quantitative estimate of drug-likeness (QED) is 0.843. The normalized spacial score (nSPS) is 12.2. The summed E-state index contributed by atoms with van der Waals surface area (Å²) in [6.07, 6.45) is 0.193. The van der Waals surface area contributed by atoms with Gasteiger partial charge in [0.1, 0.15) is 11.8 Å². The lowest BCUT2D eigenvalue weighted by atomic mass is 10.0. The van der Waals surface area contributed by atoms with E-state index < -0.39 is 12.0 Å². The van der Waals surface area contributed by atoms with Crippen molar-refractivity contribution in [3.63, 3.8) is 0 Å². The number of nitrogens with two attached hydrogens (primary N) is 1. The summed E-state index contributed by atoms with van der Waals surface area (Å²) in [5, 5.41) is 9.23. The zero-order valence-corrected chi connectivity index (χ0v) is 9.91. The Balaban J connectivity index is 3.05. The first-order valence-corrected chi connectivity index (χ1v) is 5.15. The number of rotatable bonds is 4. The fraction of sp³-hybridized carbons (Fsp3) is 0.364. The van der Waals surface area contributed by atoms with Crippen LogP contribution in [0.1, 0.15) is 11.1 Å². The summed E-state index contributed by atoms with van der Waals surface area (Å²) in [4.78, 5) is 10.7. The Morgan fingerprint density at radius 3 is 2.75 bits per heavy atom. The molecule has 16 heavy (non-hydrogen) atoms. The number of methoxy groups -OCH3 is 1. The van der Waals surface area contributed by atoms with Crippen LogP contribution in [0.2, 0.25) is 5.02 Å². The van der Waals surface area contributed by atoms with Crippen LogP contribution in [-0.2, 0) is 11.2 Å². The van der Waals surface area contributed by atoms with E-state index in [2.05, 4.69) is 0 Å². The van der Waals surface area contributed by atoms with Gasteiger partial charge in [0.2, 0.25) is 0 Å². The van der Waals surface area contributed by atoms with Gasteiger partial charge in [-0.15, -0.1) is 0 Å². The van der Waals surface area contributed by atoms with Gasteiger partial charge in [-0.25, -0.2) is 0 Å². The molecule has 0 aliphatic carbocycles. The van der Waals surface area contributed by atoms with E-state index >= 15 is 0 Å². The van der Waals surface area contributed by atoms with Crippen LogP contribution < -0.4 is 10.5 Å². The van der Waals surface area contributed by atoms with Gasteiger partial charge in [0, 0.05) is 6.42 Å². The molecule has 0 aliphatic rings. The average molecular weight is 244 g/mol. The lowest BCUT2D eigenvalue weighted by Gasteiger charge is -2.13. The van der Waals surface area contributed by atoms with E-state index in [1.807, 2.05) is 13.0 Å². The van der Waals surface area contributed by atoms with Crippen molar-refractivity contribution >= 4 is 17.6 Å². The Kier molecular flexibility index (Phi) is 4.15. The number of hydrogen-bond acceptors (Lipinski definition) is 3. The standard InChI is InChI=1S/C11H14ClNO3/c1-6-3-4-7(5-8(13)11(14)15)10(16-2)9(6)12/h3-4,8H,5,13H2,1-2H3,(H,14,15). The van der Waals surface area contributed by atoms with E-state index in [9.17, 15) is 4.79 Å². The SMILES string of the molecule is COc1c(CC(N)C(=O)O)ccc(C)c1Cl. The van der Waals surface area contributed by atoms with Gasteiger partial charge in [-0.2, -0.15) is 0 Å². The van der Waals surface area contributed by atoms with E-state index in [-0.39, 0.29) is 6.42 Å². The predicted octanol–water partition coefficient (Wildman–Crippen LogP) is 1.61. The van der Waals surface area contributed by atoms with E-state index in [4.69, 9.17) is 27.2 Å². The third kappa shape index (κ3) is 2.65. The number of benzene rings is 1. The number of ether oxygens (including phenoxy) is 1. The van der Waals surface area contributed by atoms with E-state index in [1.165, 1.54) is 7.11 Å². The molecule has 0 radical (unpaired) electrons. The zero-order valence-electron chi connectivity index (χ0n) is 9.16. The third-order valence-electron chi connectivity index (χ3n) is 2.33. The van der Waals surface area contributed by atoms with Crippen LogP contribution in [0.5, 0.6) is 5.75 Å². The minimum atomic E-state index is -1.04. The molecule has 4 nitrogen and oxygen atoms in total. The fourth-order valence-corrected chi connectivity index (χ4v) is 1.66. The Bertz CT molecular complexity index is 406. The molecule has 5 heteroatoms. The molecule has 0 fully saturated rings. The van der Waals surface area contributed by atoms with E-state index in [0.29, 0.717) is 16.3 Å². The van der Waals surface area contributed by atoms with Crippen molar-refractivity contribution in [2.45, 2.75) is 19.4 Å². The number of aryl methyl sites for hydroxylation is 1. The van der Waals surface area contributed by atoms with Crippen LogP contribution in [-0.4, -0.2) is 24.2 Å². The highest BCUT2D eigenvalue weighted by molar-refractivity contribution is 6.32. The smallest absolute Gasteiger partial charge is 0.320 e. The molecule has 1 atom stereocenters. The van der Waals surface area contributed by atoms with Crippen molar-refractivity contribution in [1.82, 2.24) is 0 Å². The molecule has 0 saturated heterocycles. The molecule has 3 N–H and O–H groups in total. The minimum absolute atomic E-state index is 0.193. The summed E-state index contributed by atoms with van der Waals surface area (Å²) in [7, 11) is 1.50. The summed E-state index contributed by atoms with van der Waals surface area (Å²) in [6.45, 7) is 1.85. The zero-order chi connectivity index (χ0) is 12.3. The Morgan fingerprint density at radius 2 is 2.25 bits per heavy atom. The molecule has 0 aromatic heterocycles. The van der Waals surface area contributed by atoms with Crippen molar-refractivity contribution in [3.05, 3.63) is 28.3 Å². The van der Waals surface area contributed by atoms with Gasteiger partial charge in [0.25, 0.3) is 0 Å². The van der Waals surface area contributed by atoms with Crippen molar-refractivity contribution < 1.29 is 14.6 Å². The van der Waals surface area contributed by atoms with Gasteiger partial charge in [-0.05, 0) is 18.1 Å². The molecule has 88 valence electrons. The molecule has 0 heterocycles. The summed E-state index contributed by atoms with van der Waals surface area (Å²) in [5.74, 6) is -0.544. The molecule has 0 aliphatic heterocycles. The summed E-state index contributed by atoms with van der Waals surface area (Å²) in [6, 6.07) is 2.64. The van der Waals surface area contributed by atoms with Crippen molar-refractivity contribution in [3.8, 4) is 5.75 Å². The Labute approximate surface area is 99.0 Å². The molecule has 0 amide bonds. The van der Waals surface area contributed by atoms with E-state index in [0.717, 1.165) is 5.56 Å². The van der Waals surface area contributed by atoms with Crippen LogP contribution in [0.25, 0.3) is 0 Å². The maximum atomic E-state index is 10.7. The highest BCUT2D eigenvalue weighted by atomic mass is 35.5. The Hall–Kier alpha value is -1.26. The van der Waals surface area contributed by atoms with Gasteiger partial charge < -0.3 is 15.6 Å². The van der Waals surface area contributed by atoms with E-state index in [1.54, 1.807) is 6.07 Å². The van der Waals surface area contributed by atoms with Crippen LogP contribution in [0.3, 0.4) is 0 Å². The van der Waals surface area contributed by atoms with Gasteiger partial charge in [-0.1, -0.05) is 23.7 Å². The maximum absolute atomic E-state index is 10.7. The summed E-state index contributed by atoms with van der Waals surface area (Å²) >= 11 is 6.05. The van der Waals surface area contributed by atoms with Crippen LogP contribution in [0.4, 0.5) is 0 Å². The van der Waals surface area contributed by atoms with Gasteiger partial charge in [0.05, 0.1) is 12.1 Å². The van der Waals surface area contributed by atoms with Crippen LogP contribution in [0, 0.1) is 6.92 Å². The van der Waals surface area contributed by atoms with Gasteiger partial charge in [-0.3, -0.25) is 4.79 Å². The first-order valence-electron chi connectivity index (χ1n) is 4.77. The largest absolute Gasteiger partial charge is 0.495 e. The molecular weight excluding hydrogens is 230 g/mol. The maximum Gasteiger partial charge on any atom is 0.320 e.